The Morgan fingerprint density at radius 3 is 1.97 bits per heavy atom. The third-order valence-electron chi connectivity index (χ3n) is 5.56. The van der Waals surface area contributed by atoms with E-state index in [0.29, 0.717) is 24.0 Å². The number of imide groups is 1. The molecule has 0 bridgehead atoms. The normalized spacial score (nSPS) is 14.7. The van der Waals surface area contributed by atoms with E-state index in [-0.39, 0.29) is 36.2 Å². The van der Waals surface area contributed by atoms with Gasteiger partial charge < -0.3 is 10.6 Å². The van der Waals surface area contributed by atoms with E-state index in [1.807, 2.05) is 44.2 Å². The van der Waals surface area contributed by atoms with E-state index in [4.69, 9.17) is 0 Å². The lowest BCUT2D eigenvalue weighted by Gasteiger charge is -2.25. The standard InChI is InChI=1S/C25H30N4O4/c1-16(2)13-20(27-15-29-24(32)18-11-7-8-12-19(18)25(29)33)23(31)28-21(22(30)26-3)14-17-9-5-4-6-10-17/h4-12,16,20-21,27H,13-15H2,1-3H3,(H,26,30)(H,28,31)/t20-,21-/m0/s1. The van der Waals surface area contributed by atoms with Crippen molar-refractivity contribution in [3.63, 3.8) is 0 Å². The highest BCUT2D eigenvalue weighted by Crippen LogP contribution is 2.21. The lowest BCUT2D eigenvalue weighted by molar-refractivity contribution is -0.130. The molecule has 0 saturated carbocycles. The van der Waals surface area contributed by atoms with Gasteiger partial charge in [0.15, 0.2) is 0 Å². The molecule has 8 heteroatoms. The van der Waals surface area contributed by atoms with Gasteiger partial charge in [-0.1, -0.05) is 56.3 Å². The fourth-order valence-electron chi connectivity index (χ4n) is 3.84. The van der Waals surface area contributed by atoms with Crippen molar-refractivity contribution in [2.24, 2.45) is 5.92 Å². The van der Waals surface area contributed by atoms with Gasteiger partial charge in [-0.3, -0.25) is 29.4 Å². The van der Waals surface area contributed by atoms with Crippen LogP contribution in [-0.4, -0.2) is 54.3 Å². The maximum atomic E-state index is 13.1. The minimum atomic E-state index is -0.749. The largest absolute Gasteiger partial charge is 0.357 e. The molecule has 1 aliphatic rings. The van der Waals surface area contributed by atoms with Crippen molar-refractivity contribution in [3.8, 4) is 0 Å². The Bertz CT molecular complexity index is 987. The molecular weight excluding hydrogens is 420 g/mol. The molecule has 0 radical (unpaired) electrons. The molecule has 1 heterocycles. The molecule has 174 valence electrons. The molecule has 0 unspecified atom stereocenters. The maximum absolute atomic E-state index is 13.1. The van der Waals surface area contributed by atoms with Crippen molar-refractivity contribution in [1.29, 1.82) is 0 Å². The van der Waals surface area contributed by atoms with Gasteiger partial charge in [-0.25, -0.2) is 0 Å². The molecule has 0 saturated heterocycles. The van der Waals surface area contributed by atoms with Crippen LogP contribution in [0.3, 0.4) is 0 Å². The highest BCUT2D eigenvalue weighted by Gasteiger charge is 2.36. The first kappa shape index (κ1) is 24.1. The van der Waals surface area contributed by atoms with Crippen molar-refractivity contribution in [1.82, 2.24) is 20.9 Å². The number of hydrogen-bond acceptors (Lipinski definition) is 5. The Balaban J connectivity index is 1.69. The summed E-state index contributed by atoms with van der Waals surface area (Å²) in [6.45, 7) is 3.86. The average Bonchev–Trinajstić information content (AvgIpc) is 3.05. The van der Waals surface area contributed by atoms with Crippen LogP contribution in [0.25, 0.3) is 0 Å². The molecule has 0 aliphatic carbocycles. The molecule has 0 spiro atoms. The van der Waals surface area contributed by atoms with Crippen LogP contribution < -0.4 is 16.0 Å². The Morgan fingerprint density at radius 2 is 1.42 bits per heavy atom. The van der Waals surface area contributed by atoms with Crippen molar-refractivity contribution in [2.75, 3.05) is 13.7 Å². The number of rotatable bonds is 10. The third kappa shape index (κ3) is 5.84. The van der Waals surface area contributed by atoms with E-state index in [9.17, 15) is 19.2 Å². The number of fused-ring (bicyclic) bond motifs is 1. The molecule has 1 aliphatic heterocycles. The summed E-state index contributed by atoms with van der Waals surface area (Å²) in [5, 5.41) is 8.49. The summed E-state index contributed by atoms with van der Waals surface area (Å²) in [4.78, 5) is 51.9. The summed E-state index contributed by atoms with van der Waals surface area (Å²) in [5.41, 5.74) is 1.64. The van der Waals surface area contributed by atoms with Gasteiger partial charge in [0.1, 0.15) is 6.04 Å². The van der Waals surface area contributed by atoms with Crippen molar-refractivity contribution in [3.05, 3.63) is 71.3 Å². The number of hydrogen-bond donors (Lipinski definition) is 3. The Labute approximate surface area is 193 Å². The molecule has 3 N–H and O–H groups in total. The van der Waals surface area contributed by atoms with E-state index < -0.39 is 12.1 Å². The lowest BCUT2D eigenvalue weighted by atomic mass is 10.0. The third-order valence-corrected chi connectivity index (χ3v) is 5.56. The summed E-state index contributed by atoms with van der Waals surface area (Å²) < 4.78 is 0. The fourth-order valence-corrected chi connectivity index (χ4v) is 3.84. The molecule has 2 aromatic rings. The molecule has 2 aromatic carbocycles. The zero-order chi connectivity index (χ0) is 24.0. The quantitative estimate of drug-likeness (QED) is 0.478. The Kier molecular flexibility index (Phi) is 7.95. The number of carbonyl (C=O) groups is 4. The SMILES string of the molecule is CNC(=O)[C@H](Cc1ccccc1)NC(=O)[C@H](CC(C)C)NCN1C(=O)c2ccccc2C1=O. The molecule has 33 heavy (non-hydrogen) atoms. The maximum Gasteiger partial charge on any atom is 0.262 e. The van der Waals surface area contributed by atoms with Crippen LogP contribution in [0.15, 0.2) is 54.6 Å². The number of carbonyl (C=O) groups excluding carboxylic acids is 4. The first-order valence-corrected chi connectivity index (χ1v) is 11.1. The Hall–Kier alpha value is -3.52. The zero-order valence-electron chi connectivity index (χ0n) is 19.1. The van der Waals surface area contributed by atoms with Crippen LogP contribution >= 0.6 is 0 Å². The lowest BCUT2D eigenvalue weighted by Crippen LogP contribution is -2.55. The zero-order valence-corrected chi connectivity index (χ0v) is 19.1. The number of benzene rings is 2. The number of likely N-dealkylation sites (N-methyl/N-ethyl adjacent to an activating group) is 1. The van der Waals surface area contributed by atoms with Crippen LogP contribution in [0.4, 0.5) is 0 Å². The predicted octanol–water partition coefficient (Wildman–Crippen LogP) is 1.72. The molecule has 4 amide bonds. The van der Waals surface area contributed by atoms with Crippen molar-refractivity contribution in [2.45, 2.75) is 38.8 Å². The second-order valence-electron chi connectivity index (χ2n) is 8.49. The highest BCUT2D eigenvalue weighted by molar-refractivity contribution is 6.21. The molecular formula is C25H30N4O4. The van der Waals surface area contributed by atoms with Gasteiger partial charge in [-0.15, -0.1) is 0 Å². The van der Waals surface area contributed by atoms with Gasteiger partial charge in [0, 0.05) is 13.5 Å². The van der Waals surface area contributed by atoms with E-state index in [1.165, 1.54) is 7.05 Å². The summed E-state index contributed by atoms with van der Waals surface area (Å²) in [7, 11) is 1.53. The van der Waals surface area contributed by atoms with Gasteiger partial charge in [-0.2, -0.15) is 0 Å². The van der Waals surface area contributed by atoms with Crippen LogP contribution in [0.5, 0.6) is 0 Å². The van der Waals surface area contributed by atoms with Crippen LogP contribution in [0, 0.1) is 5.92 Å². The second-order valence-corrected chi connectivity index (χ2v) is 8.49. The van der Waals surface area contributed by atoms with Crippen LogP contribution in [0.2, 0.25) is 0 Å². The van der Waals surface area contributed by atoms with Gasteiger partial charge in [0.2, 0.25) is 11.8 Å². The van der Waals surface area contributed by atoms with Crippen molar-refractivity contribution >= 4 is 23.6 Å². The number of amides is 4. The second kappa shape index (κ2) is 10.9. The highest BCUT2D eigenvalue weighted by atomic mass is 16.2. The molecule has 0 aromatic heterocycles. The van der Waals surface area contributed by atoms with Crippen LogP contribution in [-0.2, 0) is 16.0 Å². The number of nitrogens with one attached hydrogen (secondary N) is 3. The van der Waals surface area contributed by atoms with Crippen LogP contribution in [0.1, 0.15) is 46.5 Å². The smallest absolute Gasteiger partial charge is 0.262 e. The van der Waals surface area contributed by atoms with Gasteiger partial charge in [-0.05, 0) is 30.0 Å². The number of nitrogens with zero attached hydrogens (tertiary/aromatic N) is 1. The van der Waals surface area contributed by atoms with Crippen molar-refractivity contribution < 1.29 is 19.2 Å². The van der Waals surface area contributed by atoms with Gasteiger partial charge in [0.25, 0.3) is 11.8 Å². The van der Waals surface area contributed by atoms with E-state index in [1.54, 1.807) is 24.3 Å². The minimum Gasteiger partial charge on any atom is -0.357 e. The average molecular weight is 451 g/mol. The monoisotopic (exact) mass is 450 g/mol. The topological polar surface area (TPSA) is 108 Å². The summed E-state index contributed by atoms with van der Waals surface area (Å²) in [6, 6.07) is 14.7. The minimum absolute atomic E-state index is 0.0967. The van der Waals surface area contributed by atoms with Gasteiger partial charge >= 0.3 is 0 Å². The first-order chi connectivity index (χ1) is 15.8. The predicted molar refractivity (Wildman–Crippen MR) is 124 cm³/mol. The van der Waals surface area contributed by atoms with E-state index >= 15 is 0 Å². The first-order valence-electron chi connectivity index (χ1n) is 11.1. The molecule has 0 fully saturated rings. The summed E-state index contributed by atoms with van der Waals surface area (Å²) >= 11 is 0. The summed E-state index contributed by atoms with van der Waals surface area (Å²) in [5.74, 6) is -1.26. The molecule has 8 nitrogen and oxygen atoms in total. The molecule has 2 atom stereocenters. The van der Waals surface area contributed by atoms with E-state index in [0.717, 1.165) is 10.5 Å². The molecule has 3 rings (SSSR count). The summed E-state index contributed by atoms with van der Waals surface area (Å²) in [6.07, 6.45) is 0.819. The fraction of sp³-hybridized carbons (Fsp3) is 0.360. The van der Waals surface area contributed by atoms with E-state index in [2.05, 4.69) is 16.0 Å². The Morgan fingerprint density at radius 1 is 0.848 bits per heavy atom. The van der Waals surface area contributed by atoms with Gasteiger partial charge in [0.05, 0.1) is 23.8 Å².